The van der Waals surface area contributed by atoms with Gasteiger partial charge in [0.2, 0.25) is 0 Å². The first-order valence-corrected chi connectivity index (χ1v) is 16.8. The topological polar surface area (TPSA) is 17.1 Å². The molecule has 0 amide bonds. The molecule has 0 saturated heterocycles. The second-order valence-corrected chi connectivity index (χ2v) is 14.8. The Morgan fingerprint density at radius 3 is 1.74 bits per heavy atom. The summed E-state index contributed by atoms with van der Waals surface area (Å²) in [5.41, 5.74) is 17.5. The van der Waals surface area contributed by atoms with Gasteiger partial charge in [0, 0.05) is 22.3 Å². The van der Waals surface area contributed by atoms with E-state index in [4.69, 9.17) is 0 Å². The summed E-state index contributed by atoms with van der Waals surface area (Å²) in [6.45, 7) is 9.27. The van der Waals surface area contributed by atoms with Gasteiger partial charge in [-0.1, -0.05) is 131 Å². The summed E-state index contributed by atoms with van der Waals surface area (Å²) >= 11 is 0. The van der Waals surface area contributed by atoms with Crippen LogP contribution in [0.25, 0.3) is 39.0 Å². The molecule has 0 saturated carbocycles. The summed E-state index contributed by atoms with van der Waals surface area (Å²) in [5, 5.41) is 0. The van der Waals surface area contributed by atoms with Crippen LogP contribution in [0.2, 0.25) is 0 Å². The zero-order chi connectivity index (χ0) is 31.4. The van der Waals surface area contributed by atoms with Crippen molar-refractivity contribution in [1.82, 2.24) is 0 Å². The van der Waals surface area contributed by atoms with Crippen molar-refractivity contribution >= 4 is 11.4 Å². The summed E-state index contributed by atoms with van der Waals surface area (Å²) in [6.07, 6.45) is 8.73. The van der Waals surface area contributed by atoms with Crippen LogP contribution in [0.1, 0.15) is 77.9 Å². The fourth-order valence-electron chi connectivity index (χ4n) is 8.96. The molecule has 0 aromatic heterocycles. The van der Waals surface area contributed by atoms with Gasteiger partial charge in [0.1, 0.15) is 0 Å². The van der Waals surface area contributed by atoms with Gasteiger partial charge in [0.25, 0.3) is 0 Å². The van der Waals surface area contributed by atoms with E-state index < -0.39 is 0 Å². The predicted octanol–water partition coefficient (Wildman–Crippen LogP) is 11.0. The molecule has 0 aliphatic heterocycles. The first-order valence-electron chi connectivity index (χ1n) is 16.8. The number of hydrogen-bond donors (Lipinski definition) is 0. The second-order valence-electron chi connectivity index (χ2n) is 14.8. The van der Waals surface area contributed by atoms with Crippen LogP contribution in [-0.2, 0) is 17.3 Å². The third kappa shape index (κ3) is 3.84. The van der Waals surface area contributed by atoms with Gasteiger partial charge in [-0.2, -0.15) is 0 Å². The van der Waals surface area contributed by atoms with Crippen LogP contribution in [0.15, 0.2) is 121 Å². The van der Waals surface area contributed by atoms with E-state index in [1.165, 1.54) is 61.2 Å². The molecule has 0 bridgehead atoms. The lowest BCUT2D eigenvalue weighted by atomic mass is 9.79. The van der Waals surface area contributed by atoms with Crippen LogP contribution in [0.4, 0.5) is 0 Å². The van der Waals surface area contributed by atoms with Crippen molar-refractivity contribution in [3.05, 3.63) is 160 Å². The van der Waals surface area contributed by atoms with Crippen molar-refractivity contribution in [3.8, 4) is 33.4 Å². The van der Waals surface area contributed by atoms with Gasteiger partial charge in [-0.3, -0.25) is 4.79 Å². The van der Waals surface area contributed by atoms with E-state index in [-0.39, 0.29) is 28.4 Å². The number of allylic oxidation sites excluding steroid dienone is 4. The fraction of sp³-hybridized carbons (Fsp3) is 0.222. The summed E-state index contributed by atoms with van der Waals surface area (Å²) in [5.74, 6) is 0.322. The minimum absolute atomic E-state index is 0.0105. The molecule has 0 heterocycles. The van der Waals surface area contributed by atoms with Crippen LogP contribution < -0.4 is 0 Å². The molecule has 1 nitrogen and oxygen atoms in total. The van der Waals surface area contributed by atoms with Gasteiger partial charge in [-0.15, -0.1) is 0 Å². The number of ketones is 1. The molecule has 0 spiro atoms. The molecule has 9 rings (SSSR count). The third-order valence-corrected chi connectivity index (χ3v) is 11.6. The smallest absolute Gasteiger partial charge is 0.170 e. The highest BCUT2D eigenvalue weighted by atomic mass is 16.1. The molecule has 2 unspecified atom stereocenters. The maximum atomic E-state index is 14.4. The molecule has 4 aliphatic carbocycles. The number of rotatable bonds is 2. The SMILES string of the molecule is CC1(C)c2ccccc2-c2cc(C3=CC4C(=O)c5cc(-c6ccc7c(c6)-c6ccccc6C7(C)C)ccc5CCC4C=C3)ccc21. The molecule has 2 atom stereocenters. The number of carbonyl (C=O) groups excluding carboxylic acids is 1. The van der Waals surface area contributed by atoms with Crippen molar-refractivity contribution in [2.24, 2.45) is 11.8 Å². The fourth-order valence-corrected chi connectivity index (χ4v) is 8.96. The first-order chi connectivity index (χ1) is 22.2. The van der Waals surface area contributed by atoms with E-state index in [1.807, 2.05) is 0 Å². The predicted molar refractivity (Wildman–Crippen MR) is 190 cm³/mol. The Labute approximate surface area is 272 Å². The highest BCUT2D eigenvalue weighted by Crippen LogP contribution is 2.51. The lowest BCUT2D eigenvalue weighted by Crippen LogP contribution is -2.21. The molecular formula is C45H38O. The van der Waals surface area contributed by atoms with Gasteiger partial charge in [-0.25, -0.2) is 0 Å². The number of Topliss-reactive ketones (excluding diaryl/α,β-unsaturated/α-hetero) is 1. The normalized spacial score (nSPS) is 20.9. The average molecular weight is 595 g/mol. The minimum Gasteiger partial charge on any atom is -0.293 e. The Balaban J connectivity index is 1.08. The van der Waals surface area contributed by atoms with Gasteiger partial charge in [0.05, 0.1) is 0 Å². The Kier molecular flexibility index (Phi) is 5.77. The third-order valence-electron chi connectivity index (χ3n) is 11.6. The van der Waals surface area contributed by atoms with Crippen molar-refractivity contribution in [2.75, 3.05) is 0 Å². The first kappa shape index (κ1) is 27.6. The van der Waals surface area contributed by atoms with Crippen LogP contribution in [0, 0.1) is 11.8 Å². The minimum atomic E-state index is -0.152. The van der Waals surface area contributed by atoms with Crippen molar-refractivity contribution in [2.45, 2.75) is 51.4 Å². The Hall–Kier alpha value is -4.75. The van der Waals surface area contributed by atoms with Crippen LogP contribution in [0.5, 0.6) is 0 Å². The lowest BCUT2D eigenvalue weighted by Gasteiger charge is -2.24. The highest BCUT2D eigenvalue weighted by Gasteiger charge is 2.37. The van der Waals surface area contributed by atoms with Crippen molar-refractivity contribution < 1.29 is 4.79 Å². The molecule has 46 heavy (non-hydrogen) atoms. The lowest BCUT2D eigenvalue weighted by molar-refractivity contribution is 0.0924. The Morgan fingerprint density at radius 1 is 0.565 bits per heavy atom. The van der Waals surface area contributed by atoms with E-state index in [2.05, 4.69) is 149 Å². The zero-order valence-electron chi connectivity index (χ0n) is 27.0. The molecule has 0 fully saturated rings. The van der Waals surface area contributed by atoms with Crippen molar-refractivity contribution in [3.63, 3.8) is 0 Å². The molecular weight excluding hydrogens is 556 g/mol. The molecule has 1 heteroatoms. The summed E-state index contributed by atoms with van der Waals surface area (Å²) < 4.78 is 0. The van der Waals surface area contributed by atoms with E-state index in [0.717, 1.165) is 29.5 Å². The van der Waals surface area contributed by atoms with Gasteiger partial charge < -0.3 is 0 Å². The number of hydrogen-bond acceptors (Lipinski definition) is 1. The van der Waals surface area contributed by atoms with Crippen molar-refractivity contribution in [1.29, 1.82) is 0 Å². The molecule has 0 N–H and O–H groups in total. The van der Waals surface area contributed by atoms with Crippen LogP contribution >= 0.6 is 0 Å². The van der Waals surface area contributed by atoms with Crippen LogP contribution in [-0.4, -0.2) is 5.78 Å². The van der Waals surface area contributed by atoms with E-state index in [0.29, 0.717) is 0 Å². The van der Waals surface area contributed by atoms with E-state index in [9.17, 15) is 4.79 Å². The molecule has 4 aliphatic rings. The van der Waals surface area contributed by atoms with Gasteiger partial charge in [-0.05, 0) is 109 Å². The summed E-state index contributed by atoms with van der Waals surface area (Å²) in [7, 11) is 0. The monoisotopic (exact) mass is 594 g/mol. The highest BCUT2D eigenvalue weighted by molar-refractivity contribution is 6.03. The molecule has 0 radical (unpaired) electrons. The number of aryl methyl sites for hydroxylation is 1. The maximum Gasteiger partial charge on any atom is 0.170 e. The number of carbonyl (C=O) groups is 1. The number of fused-ring (bicyclic) bond motifs is 8. The van der Waals surface area contributed by atoms with E-state index in [1.54, 1.807) is 0 Å². The average Bonchev–Trinajstić information content (AvgIpc) is 3.39. The quantitative estimate of drug-likeness (QED) is 0.199. The molecule has 5 aromatic carbocycles. The Bertz CT molecular complexity index is 2190. The molecule has 5 aromatic rings. The van der Waals surface area contributed by atoms with Gasteiger partial charge in [0.15, 0.2) is 5.78 Å². The maximum absolute atomic E-state index is 14.4. The Morgan fingerprint density at radius 2 is 1.09 bits per heavy atom. The molecule has 224 valence electrons. The van der Waals surface area contributed by atoms with Crippen LogP contribution in [0.3, 0.4) is 0 Å². The van der Waals surface area contributed by atoms with Gasteiger partial charge >= 0.3 is 0 Å². The summed E-state index contributed by atoms with van der Waals surface area (Å²) in [4.78, 5) is 14.4. The second kappa shape index (κ2) is 9.63. The standard InChI is InChI=1S/C45H38O/c1-44(2)39-11-7-5-9-33(39)37-25-31(19-21-41(37)44)29-17-15-27-13-14-28-16-18-30(24-36(28)43(46)35(27)23-29)32-20-22-42-38(26-32)34-10-6-8-12-40(34)45(42,3)4/h5-12,15-27,35H,13-14H2,1-4H3. The summed E-state index contributed by atoms with van der Waals surface area (Å²) in [6, 6.07) is 38.0. The zero-order valence-corrected chi connectivity index (χ0v) is 27.0. The largest absolute Gasteiger partial charge is 0.293 e. The number of benzene rings is 5. The van der Waals surface area contributed by atoms with E-state index >= 15 is 0 Å².